The number of benzene rings is 2. The first kappa shape index (κ1) is 15.8. The number of para-hydroxylation sites is 1. The number of hydrogen-bond acceptors (Lipinski definition) is 3. The maximum absolute atomic E-state index is 12.3. The first-order valence-corrected chi connectivity index (χ1v) is 7.23. The fraction of sp³-hybridized carbons (Fsp3) is 0.222. The van der Waals surface area contributed by atoms with Crippen molar-refractivity contribution in [2.24, 2.45) is 0 Å². The highest BCUT2D eigenvalue weighted by atomic mass is 16.5. The monoisotopic (exact) mass is 297 g/mol. The number of rotatable bonds is 6. The molecule has 4 nitrogen and oxygen atoms in total. The summed E-state index contributed by atoms with van der Waals surface area (Å²) in [7, 11) is 0. The Hall–Kier alpha value is -2.62. The zero-order valence-electron chi connectivity index (χ0n) is 12.7. The minimum absolute atomic E-state index is 0.00304. The zero-order chi connectivity index (χ0) is 15.9. The van der Waals surface area contributed by atoms with Crippen molar-refractivity contribution < 1.29 is 14.3 Å². The van der Waals surface area contributed by atoms with Gasteiger partial charge in [0, 0.05) is 11.3 Å². The summed E-state index contributed by atoms with van der Waals surface area (Å²) >= 11 is 0. The molecule has 1 N–H and O–H groups in total. The fourth-order valence-corrected chi connectivity index (χ4v) is 2.00. The van der Waals surface area contributed by atoms with Gasteiger partial charge in [-0.25, -0.2) is 0 Å². The number of nitrogens with one attached hydrogen (secondary N) is 1. The smallest absolute Gasteiger partial charge is 0.265 e. The quantitative estimate of drug-likeness (QED) is 0.827. The van der Waals surface area contributed by atoms with Crippen molar-refractivity contribution in [2.75, 3.05) is 5.32 Å². The Bertz CT molecular complexity index is 635. The zero-order valence-corrected chi connectivity index (χ0v) is 12.7. The molecule has 0 heterocycles. The van der Waals surface area contributed by atoms with Gasteiger partial charge >= 0.3 is 0 Å². The van der Waals surface area contributed by atoms with Gasteiger partial charge < -0.3 is 10.1 Å². The number of amides is 1. The maximum Gasteiger partial charge on any atom is 0.265 e. The molecule has 0 aliphatic heterocycles. The van der Waals surface area contributed by atoms with Crippen LogP contribution >= 0.6 is 0 Å². The van der Waals surface area contributed by atoms with Gasteiger partial charge in [0.15, 0.2) is 11.9 Å². The summed E-state index contributed by atoms with van der Waals surface area (Å²) in [6.45, 7) is 3.40. The van der Waals surface area contributed by atoms with Crippen LogP contribution in [0.3, 0.4) is 0 Å². The normalized spacial score (nSPS) is 11.5. The molecule has 2 aromatic rings. The van der Waals surface area contributed by atoms with E-state index in [4.69, 9.17) is 4.74 Å². The van der Waals surface area contributed by atoms with Crippen LogP contribution in [0.25, 0.3) is 0 Å². The molecule has 0 unspecified atom stereocenters. The molecule has 0 bridgehead atoms. The molecule has 0 fully saturated rings. The predicted octanol–water partition coefficient (Wildman–Crippen LogP) is 3.69. The second-order valence-electron chi connectivity index (χ2n) is 4.95. The Morgan fingerprint density at radius 2 is 1.68 bits per heavy atom. The van der Waals surface area contributed by atoms with Gasteiger partial charge in [-0.2, -0.15) is 0 Å². The summed E-state index contributed by atoms with van der Waals surface area (Å²) in [6, 6.07) is 16.1. The minimum atomic E-state index is -0.560. The number of carbonyl (C=O) groups excluding carboxylic acids is 2. The van der Waals surface area contributed by atoms with E-state index in [0.717, 1.165) is 0 Å². The van der Waals surface area contributed by atoms with Gasteiger partial charge in [0.1, 0.15) is 5.75 Å². The van der Waals surface area contributed by atoms with Gasteiger partial charge in [0.25, 0.3) is 5.91 Å². The molecule has 0 aromatic heterocycles. The highest BCUT2D eigenvalue weighted by Crippen LogP contribution is 2.15. The molecule has 4 heteroatoms. The van der Waals surface area contributed by atoms with Crippen molar-refractivity contribution in [1.82, 2.24) is 0 Å². The third-order valence-corrected chi connectivity index (χ3v) is 3.24. The van der Waals surface area contributed by atoms with E-state index in [1.54, 1.807) is 24.3 Å². The number of anilines is 1. The third-order valence-electron chi connectivity index (χ3n) is 3.24. The van der Waals surface area contributed by atoms with Gasteiger partial charge in [-0.05, 0) is 49.7 Å². The van der Waals surface area contributed by atoms with Crippen molar-refractivity contribution in [3.05, 3.63) is 60.2 Å². The highest BCUT2D eigenvalue weighted by molar-refractivity contribution is 5.96. The molecule has 114 valence electrons. The average molecular weight is 297 g/mol. The summed E-state index contributed by atoms with van der Waals surface area (Å²) in [6.07, 6.45) is 0.00147. The second kappa shape index (κ2) is 7.41. The van der Waals surface area contributed by atoms with E-state index in [1.165, 1.54) is 6.92 Å². The molecule has 2 aromatic carbocycles. The topological polar surface area (TPSA) is 55.4 Å². The summed E-state index contributed by atoms with van der Waals surface area (Å²) < 4.78 is 5.69. The van der Waals surface area contributed by atoms with Crippen LogP contribution in [0.1, 0.15) is 30.6 Å². The van der Waals surface area contributed by atoms with E-state index in [9.17, 15) is 9.59 Å². The van der Waals surface area contributed by atoms with Gasteiger partial charge in [0.2, 0.25) is 0 Å². The Morgan fingerprint density at radius 1 is 1.05 bits per heavy atom. The van der Waals surface area contributed by atoms with E-state index < -0.39 is 6.10 Å². The Labute approximate surface area is 130 Å². The Morgan fingerprint density at radius 3 is 2.23 bits per heavy atom. The molecule has 0 saturated heterocycles. The third kappa shape index (κ3) is 4.19. The lowest BCUT2D eigenvalue weighted by Gasteiger charge is -2.17. The summed E-state index contributed by atoms with van der Waals surface area (Å²) in [5, 5.41) is 2.80. The van der Waals surface area contributed by atoms with E-state index in [-0.39, 0.29) is 11.7 Å². The first-order valence-electron chi connectivity index (χ1n) is 7.23. The molecule has 0 aliphatic rings. The first-order chi connectivity index (χ1) is 10.6. The summed E-state index contributed by atoms with van der Waals surface area (Å²) in [5.41, 5.74) is 1.26. The van der Waals surface area contributed by atoms with Crippen LogP contribution in [-0.4, -0.2) is 17.8 Å². The van der Waals surface area contributed by atoms with Crippen molar-refractivity contribution in [3.63, 3.8) is 0 Å². The molecule has 1 atom stereocenters. The van der Waals surface area contributed by atoms with Crippen molar-refractivity contribution in [3.8, 4) is 5.75 Å². The van der Waals surface area contributed by atoms with Crippen molar-refractivity contribution in [1.29, 1.82) is 0 Å². The summed E-state index contributed by atoms with van der Waals surface area (Å²) in [4.78, 5) is 23.5. The van der Waals surface area contributed by atoms with E-state index in [1.807, 2.05) is 37.3 Å². The lowest BCUT2D eigenvalue weighted by atomic mass is 10.1. The number of ether oxygens (including phenoxy) is 1. The van der Waals surface area contributed by atoms with Gasteiger partial charge in [-0.15, -0.1) is 0 Å². The number of ketones is 1. The number of hydrogen-bond donors (Lipinski definition) is 1. The van der Waals surface area contributed by atoms with E-state index in [2.05, 4.69) is 5.32 Å². The van der Waals surface area contributed by atoms with Crippen LogP contribution in [0.15, 0.2) is 54.6 Å². The van der Waals surface area contributed by atoms with Crippen LogP contribution < -0.4 is 10.1 Å². The van der Waals surface area contributed by atoms with Crippen LogP contribution in [0.5, 0.6) is 5.75 Å². The molecule has 0 spiro atoms. The standard InChI is InChI=1S/C18H19NO3/c1-3-17(22-16-7-5-4-6-8-16)18(21)19-15-11-9-14(10-12-15)13(2)20/h4-12,17H,3H2,1-2H3,(H,19,21)/t17-/m0/s1. The SMILES string of the molecule is CC[C@H](Oc1ccccc1)C(=O)Nc1ccc(C(C)=O)cc1. The molecule has 1 amide bonds. The van der Waals surface area contributed by atoms with Crippen LogP contribution in [0.2, 0.25) is 0 Å². The van der Waals surface area contributed by atoms with Crippen LogP contribution in [0, 0.1) is 0 Å². The molecule has 2 rings (SSSR count). The predicted molar refractivity (Wildman–Crippen MR) is 86.2 cm³/mol. The van der Waals surface area contributed by atoms with Crippen LogP contribution in [0.4, 0.5) is 5.69 Å². The fourth-order valence-electron chi connectivity index (χ4n) is 2.00. The molecule has 0 saturated carbocycles. The number of carbonyl (C=O) groups is 2. The maximum atomic E-state index is 12.3. The highest BCUT2D eigenvalue weighted by Gasteiger charge is 2.18. The van der Waals surface area contributed by atoms with Crippen LogP contribution in [-0.2, 0) is 4.79 Å². The number of Topliss-reactive ketones (excluding diaryl/α,β-unsaturated/α-hetero) is 1. The Balaban J connectivity index is 2.01. The van der Waals surface area contributed by atoms with E-state index in [0.29, 0.717) is 23.4 Å². The Kier molecular flexibility index (Phi) is 5.31. The van der Waals surface area contributed by atoms with Gasteiger partial charge in [-0.1, -0.05) is 25.1 Å². The molecular weight excluding hydrogens is 278 g/mol. The largest absolute Gasteiger partial charge is 0.481 e. The second-order valence-corrected chi connectivity index (χ2v) is 4.95. The van der Waals surface area contributed by atoms with Crippen molar-refractivity contribution in [2.45, 2.75) is 26.4 Å². The molecule has 0 aliphatic carbocycles. The van der Waals surface area contributed by atoms with E-state index >= 15 is 0 Å². The molecular formula is C18H19NO3. The minimum Gasteiger partial charge on any atom is -0.481 e. The lowest BCUT2D eigenvalue weighted by Crippen LogP contribution is -2.32. The molecule has 22 heavy (non-hydrogen) atoms. The average Bonchev–Trinajstić information content (AvgIpc) is 2.54. The van der Waals surface area contributed by atoms with Gasteiger partial charge in [-0.3, -0.25) is 9.59 Å². The summed E-state index contributed by atoms with van der Waals surface area (Å²) in [5.74, 6) is 0.454. The lowest BCUT2D eigenvalue weighted by molar-refractivity contribution is -0.122. The van der Waals surface area contributed by atoms with Crippen molar-refractivity contribution >= 4 is 17.4 Å². The molecule has 0 radical (unpaired) electrons. The van der Waals surface area contributed by atoms with Gasteiger partial charge in [0.05, 0.1) is 0 Å².